The van der Waals surface area contributed by atoms with Gasteiger partial charge in [-0.25, -0.2) is 0 Å². The molecule has 6 heteroatoms. The van der Waals surface area contributed by atoms with E-state index < -0.39 is 0 Å². The maximum Gasteiger partial charge on any atom is 0.262 e. The molecular weight excluding hydrogens is 356 g/mol. The van der Waals surface area contributed by atoms with Crippen molar-refractivity contribution in [1.82, 2.24) is 0 Å². The van der Waals surface area contributed by atoms with Crippen LogP contribution in [0.2, 0.25) is 5.02 Å². The number of benzene rings is 2. The van der Waals surface area contributed by atoms with Gasteiger partial charge in [0.25, 0.3) is 5.91 Å². The zero-order valence-electron chi connectivity index (χ0n) is 10.8. The number of hydrogen-bond acceptors (Lipinski definition) is 3. The third-order valence-corrected chi connectivity index (χ3v) is 3.78. The summed E-state index contributed by atoms with van der Waals surface area (Å²) >= 11 is 9.16. The summed E-state index contributed by atoms with van der Waals surface area (Å²) in [5.41, 5.74) is 0.994. The van der Waals surface area contributed by atoms with Gasteiger partial charge in [-0.3, -0.25) is 4.79 Å². The molecular formula is C15H10BrClN2O2. The molecule has 1 amide bonds. The lowest BCUT2D eigenvalue weighted by molar-refractivity contribution is -0.118. The second-order valence-corrected chi connectivity index (χ2v) is 5.34. The van der Waals surface area contributed by atoms with Gasteiger partial charge in [-0.1, -0.05) is 23.7 Å². The fourth-order valence-electron chi connectivity index (χ4n) is 1.60. The highest BCUT2D eigenvalue weighted by Gasteiger charge is 2.07. The fourth-order valence-corrected chi connectivity index (χ4v) is 2.10. The molecule has 4 nitrogen and oxygen atoms in total. The van der Waals surface area contributed by atoms with Crippen molar-refractivity contribution >= 4 is 39.1 Å². The fraction of sp³-hybridized carbons (Fsp3) is 0.0667. The van der Waals surface area contributed by atoms with Crippen LogP contribution in [0, 0.1) is 11.3 Å². The van der Waals surface area contributed by atoms with Crippen LogP contribution in [-0.2, 0) is 4.79 Å². The van der Waals surface area contributed by atoms with E-state index in [-0.39, 0.29) is 12.5 Å². The smallest absolute Gasteiger partial charge is 0.262 e. The monoisotopic (exact) mass is 364 g/mol. The third-order valence-electron chi connectivity index (χ3n) is 2.57. The van der Waals surface area contributed by atoms with E-state index >= 15 is 0 Å². The Morgan fingerprint density at radius 3 is 2.81 bits per heavy atom. The summed E-state index contributed by atoms with van der Waals surface area (Å²) in [4.78, 5) is 11.8. The minimum atomic E-state index is -0.322. The van der Waals surface area contributed by atoms with Crippen molar-refractivity contribution in [2.75, 3.05) is 11.9 Å². The number of halogens is 2. The Morgan fingerprint density at radius 1 is 1.33 bits per heavy atom. The lowest BCUT2D eigenvalue weighted by atomic mass is 10.2. The average Bonchev–Trinajstić information content (AvgIpc) is 2.49. The van der Waals surface area contributed by atoms with Crippen LogP contribution in [0.4, 0.5) is 5.69 Å². The number of hydrogen-bond donors (Lipinski definition) is 1. The summed E-state index contributed by atoms with van der Waals surface area (Å²) in [6.07, 6.45) is 0. The van der Waals surface area contributed by atoms with Crippen LogP contribution in [0.25, 0.3) is 0 Å². The predicted molar refractivity (Wildman–Crippen MR) is 84.4 cm³/mol. The first-order valence-corrected chi connectivity index (χ1v) is 7.14. The molecule has 0 fully saturated rings. The summed E-state index contributed by atoms with van der Waals surface area (Å²) < 4.78 is 6.04. The molecule has 106 valence electrons. The molecule has 2 aromatic carbocycles. The summed E-state index contributed by atoms with van der Waals surface area (Å²) in [6, 6.07) is 13.8. The molecule has 1 N–H and O–H groups in total. The number of carbonyl (C=O) groups is 1. The van der Waals surface area contributed by atoms with Crippen LogP contribution >= 0.6 is 27.5 Å². The molecule has 0 saturated heterocycles. The molecule has 2 aromatic rings. The van der Waals surface area contributed by atoms with E-state index in [0.717, 1.165) is 0 Å². The number of carbonyl (C=O) groups excluding carboxylic acids is 1. The van der Waals surface area contributed by atoms with Crippen LogP contribution in [0.5, 0.6) is 5.75 Å². The van der Waals surface area contributed by atoms with E-state index in [0.29, 0.717) is 26.5 Å². The highest BCUT2D eigenvalue weighted by Crippen LogP contribution is 2.25. The topological polar surface area (TPSA) is 62.1 Å². The minimum absolute atomic E-state index is 0.182. The van der Waals surface area contributed by atoms with Crippen molar-refractivity contribution in [2.45, 2.75) is 0 Å². The standard InChI is InChI=1S/C15H10BrClN2O2/c16-12-7-11(5-6-13(12)17)19-15(20)9-21-14-4-2-1-3-10(14)8-18/h1-7H,9H2,(H,19,20). The van der Waals surface area contributed by atoms with Gasteiger partial charge >= 0.3 is 0 Å². The van der Waals surface area contributed by atoms with Crippen molar-refractivity contribution in [1.29, 1.82) is 5.26 Å². The van der Waals surface area contributed by atoms with Crippen LogP contribution in [0.15, 0.2) is 46.9 Å². The Hall–Kier alpha value is -2.03. The Balaban J connectivity index is 1.96. The molecule has 0 radical (unpaired) electrons. The van der Waals surface area contributed by atoms with Gasteiger partial charge in [0.05, 0.1) is 10.6 Å². The SMILES string of the molecule is N#Cc1ccccc1OCC(=O)Nc1ccc(Cl)c(Br)c1. The van der Waals surface area contributed by atoms with Crippen LogP contribution < -0.4 is 10.1 Å². The van der Waals surface area contributed by atoms with E-state index in [4.69, 9.17) is 21.6 Å². The van der Waals surface area contributed by atoms with Gasteiger partial charge in [-0.05, 0) is 46.3 Å². The van der Waals surface area contributed by atoms with Gasteiger partial charge in [0.15, 0.2) is 6.61 Å². The number of rotatable bonds is 4. The molecule has 0 aliphatic carbocycles. The van der Waals surface area contributed by atoms with Gasteiger partial charge < -0.3 is 10.1 Å². The zero-order valence-corrected chi connectivity index (χ0v) is 13.1. The number of nitrogens with zero attached hydrogens (tertiary/aromatic N) is 1. The minimum Gasteiger partial charge on any atom is -0.482 e. The lowest BCUT2D eigenvalue weighted by Crippen LogP contribution is -2.20. The number of anilines is 1. The summed E-state index contributed by atoms with van der Waals surface area (Å²) in [5.74, 6) is 0.0596. The van der Waals surface area contributed by atoms with Crippen molar-refractivity contribution < 1.29 is 9.53 Å². The molecule has 0 aromatic heterocycles. The van der Waals surface area contributed by atoms with Gasteiger partial charge in [-0.15, -0.1) is 0 Å². The van der Waals surface area contributed by atoms with Crippen molar-refractivity contribution in [3.63, 3.8) is 0 Å². The largest absolute Gasteiger partial charge is 0.482 e. The molecule has 21 heavy (non-hydrogen) atoms. The number of amides is 1. The molecule has 0 spiro atoms. The van der Waals surface area contributed by atoms with E-state index in [9.17, 15) is 4.79 Å². The molecule has 0 saturated carbocycles. The first kappa shape index (κ1) is 15.4. The lowest BCUT2D eigenvalue weighted by Gasteiger charge is -2.09. The van der Waals surface area contributed by atoms with Crippen molar-refractivity contribution in [3.8, 4) is 11.8 Å². The van der Waals surface area contributed by atoms with E-state index in [1.54, 1.807) is 42.5 Å². The van der Waals surface area contributed by atoms with Gasteiger partial charge in [0.1, 0.15) is 11.8 Å². The normalized spacial score (nSPS) is 9.76. The van der Waals surface area contributed by atoms with Crippen molar-refractivity contribution in [3.05, 3.63) is 57.5 Å². The number of ether oxygens (including phenoxy) is 1. The number of para-hydroxylation sites is 1. The highest BCUT2D eigenvalue weighted by molar-refractivity contribution is 9.10. The Morgan fingerprint density at radius 2 is 2.10 bits per heavy atom. The third kappa shape index (κ3) is 4.22. The molecule has 0 aliphatic rings. The molecule has 2 rings (SSSR count). The Bertz CT molecular complexity index is 713. The maximum absolute atomic E-state index is 11.8. The van der Waals surface area contributed by atoms with Crippen molar-refractivity contribution in [2.24, 2.45) is 0 Å². The van der Waals surface area contributed by atoms with E-state index in [2.05, 4.69) is 21.2 Å². The van der Waals surface area contributed by atoms with Gasteiger partial charge in [0, 0.05) is 10.2 Å². The van der Waals surface area contributed by atoms with Crippen LogP contribution in [-0.4, -0.2) is 12.5 Å². The van der Waals surface area contributed by atoms with E-state index in [1.165, 1.54) is 0 Å². The molecule has 0 bridgehead atoms. The number of nitrogens with one attached hydrogen (secondary N) is 1. The quantitative estimate of drug-likeness (QED) is 0.891. The summed E-state index contributed by atoms with van der Waals surface area (Å²) in [5, 5.41) is 12.2. The average molecular weight is 366 g/mol. The van der Waals surface area contributed by atoms with Gasteiger partial charge in [0.2, 0.25) is 0 Å². The molecule has 0 aliphatic heterocycles. The Labute approximate surface area is 135 Å². The number of nitriles is 1. The Kier molecular flexibility index (Phi) is 5.20. The van der Waals surface area contributed by atoms with E-state index in [1.807, 2.05) is 6.07 Å². The maximum atomic E-state index is 11.8. The zero-order chi connectivity index (χ0) is 15.2. The molecule has 0 heterocycles. The predicted octanol–water partition coefficient (Wildman–Crippen LogP) is 3.99. The first-order valence-electron chi connectivity index (χ1n) is 5.97. The van der Waals surface area contributed by atoms with Gasteiger partial charge in [-0.2, -0.15) is 5.26 Å². The molecule has 0 unspecified atom stereocenters. The first-order chi connectivity index (χ1) is 10.1. The van der Waals surface area contributed by atoms with Crippen LogP contribution in [0.1, 0.15) is 5.56 Å². The highest BCUT2D eigenvalue weighted by atomic mass is 79.9. The summed E-state index contributed by atoms with van der Waals surface area (Å²) in [7, 11) is 0. The molecule has 0 atom stereocenters. The second-order valence-electron chi connectivity index (χ2n) is 4.07. The second kappa shape index (κ2) is 7.11. The van der Waals surface area contributed by atoms with Crippen LogP contribution in [0.3, 0.4) is 0 Å². The summed E-state index contributed by atoms with van der Waals surface area (Å²) in [6.45, 7) is -0.182.